The maximum Gasteiger partial charge on any atom is 0.222 e. The van der Waals surface area contributed by atoms with E-state index in [1.807, 2.05) is 48.3 Å². The molecule has 0 aliphatic rings. The molecule has 4 rings (SSSR count). The number of imidazole rings is 1. The maximum atomic E-state index is 12.9. The van der Waals surface area contributed by atoms with Gasteiger partial charge in [0.25, 0.3) is 0 Å². The number of amides is 1. The molecule has 0 spiro atoms. The molecular formula is C24H26N4O3. The molecule has 0 aliphatic heterocycles. The van der Waals surface area contributed by atoms with Gasteiger partial charge >= 0.3 is 0 Å². The Kier molecular flexibility index (Phi) is 5.93. The second kappa shape index (κ2) is 8.95. The molecule has 0 saturated heterocycles. The van der Waals surface area contributed by atoms with E-state index in [9.17, 15) is 4.79 Å². The van der Waals surface area contributed by atoms with E-state index >= 15 is 0 Å². The van der Waals surface area contributed by atoms with Gasteiger partial charge in [-0.1, -0.05) is 18.2 Å². The van der Waals surface area contributed by atoms with E-state index in [4.69, 9.17) is 9.47 Å². The standard InChI is InChI=1S/C24H26N4O3/c1-27-13-10-25-24(27)23(18-14-19(30-2)16-20(15-18)31-3)26-22(29)9-12-28-11-8-17-6-4-5-7-21(17)28/h4-8,10-11,13-16,23H,9,12H2,1-3H3,(H,26,29). The van der Waals surface area contributed by atoms with Crippen molar-refractivity contribution in [3.8, 4) is 11.5 Å². The summed E-state index contributed by atoms with van der Waals surface area (Å²) in [6, 6.07) is 15.4. The number of fused-ring (bicyclic) bond motifs is 1. The van der Waals surface area contributed by atoms with Gasteiger partial charge in [0.05, 0.1) is 14.2 Å². The average Bonchev–Trinajstić information content (AvgIpc) is 3.41. The van der Waals surface area contributed by atoms with E-state index in [0.29, 0.717) is 24.5 Å². The Bertz CT molecular complexity index is 1170. The highest BCUT2D eigenvalue weighted by molar-refractivity contribution is 5.81. The first-order valence-corrected chi connectivity index (χ1v) is 10.1. The number of aryl methyl sites for hydroxylation is 2. The van der Waals surface area contributed by atoms with Gasteiger partial charge in [-0.25, -0.2) is 4.98 Å². The molecule has 2 heterocycles. The number of hydrogen-bond donors (Lipinski definition) is 1. The summed E-state index contributed by atoms with van der Waals surface area (Å²) < 4.78 is 14.8. The normalized spacial score (nSPS) is 12.0. The van der Waals surface area contributed by atoms with Crippen LogP contribution in [0.1, 0.15) is 23.9 Å². The zero-order valence-electron chi connectivity index (χ0n) is 17.9. The van der Waals surface area contributed by atoms with Crippen LogP contribution in [0.2, 0.25) is 0 Å². The van der Waals surface area contributed by atoms with Crippen molar-refractivity contribution >= 4 is 16.8 Å². The predicted octanol–water partition coefficient (Wildman–Crippen LogP) is 3.69. The molecule has 2 aromatic carbocycles. The van der Waals surface area contributed by atoms with E-state index in [1.165, 1.54) is 0 Å². The van der Waals surface area contributed by atoms with Crippen LogP contribution in [0.4, 0.5) is 0 Å². The SMILES string of the molecule is COc1cc(OC)cc(C(NC(=O)CCn2ccc3ccccc32)c2nccn2C)c1. The number of aromatic nitrogens is 3. The zero-order valence-corrected chi connectivity index (χ0v) is 17.9. The topological polar surface area (TPSA) is 70.3 Å². The number of rotatable bonds is 8. The molecule has 1 atom stereocenters. The third-order valence-corrected chi connectivity index (χ3v) is 5.39. The minimum atomic E-state index is -0.432. The van der Waals surface area contributed by atoms with Gasteiger partial charge in [-0.2, -0.15) is 0 Å². The lowest BCUT2D eigenvalue weighted by Crippen LogP contribution is -2.31. The predicted molar refractivity (Wildman–Crippen MR) is 119 cm³/mol. The van der Waals surface area contributed by atoms with Crippen molar-refractivity contribution in [3.05, 3.63) is 78.5 Å². The molecular weight excluding hydrogens is 392 g/mol. The summed E-state index contributed by atoms with van der Waals surface area (Å²) in [7, 11) is 5.12. The first-order chi connectivity index (χ1) is 15.1. The lowest BCUT2D eigenvalue weighted by molar-refractivity contribution is -0.121. The average molecular weight is 418 g/mol. The second-order valence-electron chi connectivity index (χ2n) is 7.36. The maximum absolute atomic E-state index is 12.9. The number of ether oxygens (including phenoxy) is 2. The largest absolute Gasteiger partial charge is 0.497 e. The molecule has 7 nitrogen and oxygen atoms in total. The van der Waals surface area contributed by atoms with Crippen molar-refractivity contribution < 1.29 is 14.3 Å². The van der Waals surface area contributed by atoms with Gasteiger partial charge in [-0.05, 0) is 35.2 Å². The number of nitrogens with one attached hydrogen (secondary N) is 1. The van der Waals surface area contributed by atoms with Crippen LogP contribution in [0.5, 0.6) is 11.5 Å². The van der Waals surface area contributed by atoms with E-state index in [1.54, 1.807) is 26.5 Å². The van der Waals surface area contributed by atoms with Crippen molar-refractivity contribution in [3.63, 3.8) is 0 Å². The fourth-order valence-electron chi connectivity index (χ4n) is 3.74. The number of carbonyl (C=O) groups excluding carboxylic acids is 1. The molecule has 1 unspecified atom stereocenters. The van der Waals surface area contributed by atoms with Gasteiger partial charge in [-0.3, -0.25) is 4.79 Å². The summed E-state index contributed by atoms with van der Waals surface area (Å²) in [6.07, 6.45) is 5.94. The van der Waals surface area contributed by atoms with E-state index in [-0.39, 0.29) is 5.91 Å². The molecule has 7 heteroatoms. The summed E-state index contributed by atoms with van der Waals surface area (Å²) in [5.41, 5.74) is 1.96. The Morgan fingerprint density at radius 3 is 2.48 bits per heavy atom. The number of methoxy groups -OCH3 is 2. The molecule has 0 aliphatic carbocycles. The highest BCUT2D eigenvalue weighted by Crippen LogP contribution is 2.29. The first-order valence-electron chi connectivity index (χ1n) is 10.1. The third kappa shape index (κ3) is 4.40. The van der Waals surface area contributed by atoms with E-state index < -0.39 is 6.04 Å². The van der Waals surface area contributed by atoms with Crippen LogP contribution in [0, 0.1) is 0 Å². The minimum absolute atomic E-state index is 0.0624. The van der Waals surface area contributed by atoms with Crippen LogP contribution < -0.4 is 14.8 Å². The summed E-state index contributed by atoms with van der Waals surface area (Å²) >= 11 is 0. The van der Waals surface area contributed by atoms with Crippen molar-refractivity contribution in [1.82, 2.24) is 19.4 Å². The van der Waals surface area contributed by atoms with Gasteiger partial charge in [0.15, 0.2) is 0 Å². The first kappa shape index (κ1) is 20.5. The number of para-hydroxylation sites is 1. The van der Waals surface area contributed by atoms with Crippen molar-refractivity contribution in [2.75, 3.05) is 14.2 Å². The lowest BCUT2D eigenvalue weighted by Gasteiger charge is -2.21. The molecule has 0 saturated carbocycles. The van der Waals surface area contributed by atoms with Crippen LogP contribution in [0.3, 0.4) is 0 Å². The molecule has 160 valence electrons. The van der Waals surface area contributed by atoms with Crippen LogP contribution in [-0.2, 0) is 18.4 Å². The van der Waals surface area contributed by atoms with Gasteiger partial charge in [0.2, 0.25) is 5.91 Å². The summed E-state index contributed by atoms with van der Waals surface area (Å²) in [4.78, 5) is 17.4. The molecule has 2 aromatic heterocycles. The number of benzene rings is 2. The van der Waals surface area contributed by atoms with Crippen molar-refractivity contribution in [1.29, 1.82) is 0 Å². The minimum Gasteiger partial charge on any atom is -0.497 e. The quantitative estimate of drug-likeness (QED) is 0.474. The molecule has 31 heavy (non-hydrogen) atoms. The monoisotopic (exact) mass is 418 g/mol. The van der Waals surface area contributed by atoms with Gasteiger partial charge in [0, 0.05) is 50.2 Å². The summed E-state index contributed by atoms with van der Waals surface area (Å²) in [6.45, 7) is 0.591. The molecule has 1 amide bonds. The Morgan fingerprint density at radius 2 is 1.81 bits per heavy atom. The highest BCUT2D eigenvalue weighted by Gasteiger charge is 2.22. The molecule has 0 fully saturated rings. The fraction of sp³-hybridized carbons (Fsp3) is 0.250. The van der Waals surface area contributed by atoms with E-state index in [0.717, 1.165) is 22.3 Å². The Labute approximate surface area is 181 Å². The Hall–Kier alpha value is -3.74. The summed E-state index contributed by atoms with van der Waals surface area (Å²) in [5, 5.41) is 4.31. The van der Waals surface area contributed by atoms with Crippen molar-refractivity contribution in [2.24, 2.45) is 7.05 Å². The third-order valence-electron chi connectivity index (χ3n) is 5.39. The number of carbonyl (C=O) groups is 1. The number of hydrogen-bond acceptors (Lipinski definition) is 4. The lowest BCUT2D eigenvalue weighted by atomic mass is 10.0. The van der Waals surface area contributed by atoms with Crippen molar-refractivity contribution in [2.45, 2.75) is 19.0 Å². The number of nitrogens with zero attached hydrogens (tertiary/aromatic N) is 3. The zero-order chi connectivity index (χ0) is 21.8. The highest BCUT2D eigenvalue weighted by atomic mass is 16.5. The molecule has 0 bridgehead atoms. The smallest absolute Gasteiger partial charge is 0.222 e. The van der Waals surface area contributed by atoms with Gasteiger partial charge < -0.3 is 23.9 Å². The molecule has 1 N–H and O–H groups in total. The summed E-state index contributed by atoms with van der Waals surface area (Å²) in [5.74, 6) is 1.98. The van der Waals surface area contributed by atoms with Crippen LogP contribution in [0.25, 0.3) is 10.9 Å². The molecule has 0 radical (unpaired) electrons. The van der Waals surface area contributed by atoms with Crippen LogP contribution in [-0.4, -0.2) is 34.2 Å². The Morgan fingerprint density at radius 1 is 1.06 bits per heavy atom. The van der Waals surface area contributed by atoms with Gasteiger partial charge in [-0.15, -0.1) is 0 Å². The molecule has 4 aromatic rings. The van der Waals surface area contributed by atoms with Gasteiger partial charge in [0.1, 0.15) is 23.4 Å². The Balaban J connectivity index is 1.57. The van der Waals surface area contributed by atoms with Crippen LogP contribution in [0.15, 0.2) is 67.1 Å². The van der Waals surface area contributed by atoms with E-state index in [2.05, 4.69) is 33.1 Å². The van der Waals surface area contributed by atoms with Crippen LogP contribution >= 0.6 is 0 Å². The fourth-order valence-corrected chi connectivity index (χ4v) is 3.74. The second-order valence-corrected chi connectivity index (χ2v) is 7.36.